The van der Waals surface area contributed by atoms with Crippen LogP contribution in [0, 0.1) is 6.92 Å². The Morgan fingerprint density at radius 2 is 1.70 bits per heavy atom. The quantitative estimate of drug-likeness (QED) is 0.775. The number of hydrogen-bond donors (Lipinski definition) is 0. The van der Waals surface area contributed by atoms with Gasteiger partial charge in [-0.2, -0.15) is 0 Å². The van der Waals surface area contributed by atoms with Gasteiger partial charge in [0.05, 0.1) is 6.54 Å². The van der Waals surface area contributed by atoms with Gasteiger partial charge in [-0.1, -0.05) is 42.5 Å². The Bertz CT molecular complexity index is 625. The fourth-order valence-electron chi connectivity index (χ4n) is 2.65. The van der Waals surface area contributed by atoms with Crippen molar-refractivity contribution in [3.63, 3.8) is 0 Å². The van der Waals surface area contributed by atoms with Crippen molar-refractivity contribution in [2.45, 2.75) is 27.3 Å². The molecule has 0 unspecified atom stereocenters. The van der Waals surface area contributed by atoms with E-state index in [2.05, 4.69) is 49.1 Å². The van der Waals surface area contributed by atoms with Crippen LogP contribution >= 0.6 is 0 Å². The van der Waals surface area contributed by atoms with Crippen molar-refractivity contribution >= 4 is 11.6 Å². The molecule has 122 valence electrons. The van der Waals surface area contributed by atoms with E-state index in [0.717, 1.165) is 18.8 Å². The highest BCUT2D eigenvalue weighted by atomic mass is 16.2. The Kier molecular flexibility index (Phi) is 6.21. The summed E-state index contributed by atoms with van der Waals surface area (Å²) in [5, 5.41) is 0. The zero-order valence-electron chi connectivity index (χ0n) is 14.3. The van der Waals surface area contributed by atoms with E-state index in [9.17, 15) is 4.79 Å². The fraction of sp³-hybridized carbons (Fsp3) is 0.350. The Morgan fingerprint density at radius 1 is 0.957 bits per heavy atom. The van der Waals surface area contributed by atoms with Gasteiger partial charge in [-0.3, -0.25) is 4.79 Å². The first kappa shape index (κ1) is 17.1. The smallest absolute Gasteiger partial charge is 0.242 e. The van der Waals surface area contributed by atoms with Crippen molar-refractivity contribution < 1.29 is 4.79 Å². The van der Waals surface area contributed by atoms with Gasteiger partial charge in [0.1, 0.15) is 0 Å². The molecule has 0 atom stereocenters. The molecule has 0 N–H and O–H groups in total. The molecule has 23 heavy (non-hydrogen) atoms. The molecule has 0 saturated carbocycles. The Labute approximate surface area is 139 Å². The van der Waals surface area contributed by atoms with Crippen molar-refractivity contribution in [2.24, 2.45) is 0 Å². The third-order valence-electron chi connectivity index (χ3n) is 4.03. The van der Waals surface area contributed by atoms with Crippen LogP contribution in [-0.2, 0) is 11.3 Å². The van der Waals surface area contributed by atoms with Gasteiger partial charge < -0.3 is 9.80 Å². The lowest BCUT2D eigenvalue weighted by Crippen LogP contribution is -2.40. The molecule has 0 aromatic heterocycles. The molecule has 2 rings (SSSR count). The molecular weight excluding hydrogens is 284 g/mol. The van der Waals surface area contributed by atoms with Crippen molar-refractivity contribution in [1.29, 1.82) is 0 Å². The van der Waals surface area contributed by atoms with E-state index in [4.69, 9.17) is 0 Å². The van der Waals surface area contributed by atoms with Crippen LogP contribution in [0.15, 0.2) is 54.6 Å². The van der Waals surface area contributed by atoms with E-state index < -0.39 is 0 Å². The lowest BCUT2D eigenvalue weighted by molar-refractivity contribution is -0.130. The maximum absolute atomic E-state index is 12.7. The van der Waals surface area contributed by atoms with Gasteiger partial charge in [0, 0.05) is 25.3 Å². The highest BCUT2D eigenvalue weighted by Crippen LogP contribution is 2.16. The van der Waals surface area contributed by atoms with E-state index in [1.54, 1.807) is 0 Å². The van der Waals surface area contributed by atoms with Crippen LogP contribution in [0.3, 0.4) is 0 Å². The van der Waals surface area contributed by atoms with Crippen LogP contribution in [0.2, 0.25) is 0 Å². The number of aryl methyl sites for hydroxylation is 1. The van der Waals surface area contributed by atoms with E-state index >= 15 is 0 Å². The van der Waals surface area contributed by atoms with Crippen molar-refractivity contribution in [3.8, 4) is 0 Å². The van der Waals surface area contributed by atoms with Crippen LogP contribution in [0.4, 0.5) is 5.69 Å². The third-order valence-corrected chi connectivity index (χ3v) is 4.03. The molecule has 0 spiro atoms. The summed E-state index contributed by atoms with van der Waals surface area (Å²) in [5.41, 5.74) is 3.49. The highest BCUT2D eigenvalue weighted by Gasteiger charge is 2.16. The van der Waals surface area contributed by atoms with Gasteiger partial charge in [0.2, 0.25) is 5.91 Å². The number of benzene rings is 2. The van der Waals surface area contributed by atoms with E-state index in [-0.39, 0.29) is 5.91 Å². The van der Waals surface area contributed by atoms with Gasteiger partial charge in [0.25, 0.3) is 0 Å². The number of rotatable bonds is 7. The lowest BCUT2D eigenvalue weighted by Gasteiger charge is -2.27. The summed E-state index contributed by atoms with van der Waals surface area (Å²) in [5.74, 6) is 0.166. The van der Waals surface area contributed by atoms with Gasteiger partial charge in [0.15, 0.2) is 0 Å². The molecule has 0 fully saturated rings. The van der Waals surface area contributed by atoms with Crippen LogP contribution < -0.4 is 4.90 Å². The largest absolute Gasteiger partial charge is 0.362 e. The van der Waals surface area contributed by atoms with Crippen LogP contribution in [-0.4, -0.2) is 30.4 Å². The maximum atomic E-state index is 12.7. The number of hydrogen-bond acceptors (Lipinski definition) is 2. The van der Waals surface area contributed by atoms with Gasteiger partial charge >= 0.3 is 0 Å². The summed E-state index contributed by atoms with van der Waals surface area (Å²) in [6.07, 6.45) is 0. The third kappa shape index (κ3) is 4.85. The number of nitrogens with zero attached hydrogens (tertiary/aromatic N) is 2. The molecule has 0 radical (unpaired) electrons. The molecule has 0 bridgehead atoms. The molecule has 3 nitrogen and oxygen atoms in total. The summed E-state index contributed by atoms with van der Waals surface area (Å²) < 4.78 is 0. The Hall–Kier alpha value is -2.29. The minimum atomic E-state index is 0.166. The second-order valence-corrected chi connectivity index (χ2v) is 5.75. The first-order chi connectivity index (χ1) is 11.1. The van der Waals surface area contributed by atoms with Crippen LogP contribution in [0.5, 0.6) is 0 Å². The molecule has 3 heteroatoms. The van der Waals surface area contributed by atoms with E-state index in [1.165, 1.54) is 11.1 Å². The molecule has 0 saturated heterocycles. The summed E-state index contributed by atoms with van der Waals surface area (Å²) in [6, 6.07) is 18.5. The summed E-state index contributed by atoms with van der Waals surface area (Å²) in [6.45, 7) is 8.82. The second kappa shape index (κ2) is 8.37. The zero-order valence-corrected chi connectivity index (χ0v) is 14.3. The molecular formula is C20H26N2O. The summed E-state index contributed by atoms with van der Waals surface area (Å²) >= 11 is 0. The number of amides is 1. The average molecular weight is 310 g/mol. The average Bonchev–Trinajstić information content (AvgIpc) is 2.58. The molecule has 1 amide bonds. The van der Waals surface area contributed by atoms with Crippen LogP contribution in [0.25, 0.3) is 0 Å². The lowest BCUT2D eigenvalue weighted by atomic mass is 10.2. The molecule has 2 aromatic carbocycles. The van der Waals surface area contributed by atoms with Gasteiger partial charge in [-0.25, -0.2) is 0 Å². The second-order valence-electron chi connectivity index (χ2n) is 5.75. The number of carbonyl (C=O) groups is 1. The zero-order chi connectivity index (χ0) is 16.7. The molecule has 0 heterocycles. The molecule has 0 aliphatic rings. The fourth-order valence-corrected chi connectivity index (χ4v) is 2.65. The first-order valence-electron chi connectivity index (χ1n) is 8.27. The SMILES string of the molecule is CCN(Cc1ccccc1)C(=O)CN(CC)c1cccc(C)c1. The van der Waals surface area contributed by atoms with Gasteiger partial charge in [-0.05, 0) is 44.0 Å². The van der Waals surface area contributed by atoms with Crippen molar-refractivity contribution in [3.05, 3.63) is 65.7 Å². The summed E-state index contributed by atoms with van der Waals surface area (Å²) in [7, 11) is 0. The molecule has 0 aliphatic heterocycles. The maximum Gasteiger partial charge on any atom is 0.242 e. The monoisotopic (exact) mass is 310 g/mol. The number of carbonyl (C=O) groups excluding carboxylic acids is 1. The topological polar surface area (TPSA) is 23.6 Å². The first-order valence-corrected chi connectivity index (χ1v) is 8.27. The number of anilines is 1. The number of likely N-dealkylation sites (N-methyl/N-ethyl adjacent to an activating group) is 2. The van der Waals surface area contributed by atoms with Crippen molar-refractivity contribution in [1.82, 2.24) is 4.90 Å². The standard InChI is InChI=1S/C20H26N2O/c1-4-21(19-13-9-10-17(3)14-19)16-20(23)22(5-2)15-18-11-7-6-8-12-18/h6-14H,4-5,15-16H2,1-3H3. The summed E-state index contributed by atoms with van der Waals surface area (Å²) in [4.78, 5) is 16.7. The van der Waals surface area contributed by atoms with E-state index in [1.807, 2.05) is 36.1 Å². The highest BCUT2D eigenvalue weighted by molar-refractivity contribution is 5.81. The van der Waals surface area contributed by atoms with Gasteiger partial charge in [-0.15, -0.1) is 0 Å². The predicted molar refractivity (Wildman–Crippen MR) is 96.6 cm³/mol. The Morgan fingerprint density at radius 3 is 2.30 bits per heavy atom. The minimum absolute atomic E-state index is 0.166. The minimum Gasteiger partial charge on any atom is -0.362 e. The Balaban J connectivity index is 2.05. The normalized spacial score (nSPS) is 10.4. The van der Waals surface area contributed by atoms with E-state index in [0.29, 0.717) is 13.1 Å². The van der Waals surface area contributed by atoms with Crippen molar-refractivity contribution in [2.75, 3.05) is 24.5 Å². The predicted octanol–water partition coefficient (Wildman–Crippen LogP) is 3.87. The van der Waals surface area contributed by atoms with Crippen LogP contribution in [0.1, 0.15) is 25.0 Å². The molecule has 0 aliphatic carbocycles. The molecule has 2 aromatic rings.